The second-order valence-electron chi connectivity index (χ2n) is 6.22. The van der Waals surface area contributed by atoms with Crippen molar-refractivity contribution in [3.63, 3.8) is 0 Å². The number of nitrogens with one attached hydrogen (secondary N) is 1. The van der Waals surface area contributed by atoms with Gasteiger partial charge in [0, 0.05) is 5.02 Å². The molecule has 4 rings (SSSR count). The molecule has 0 radical (unpaired) electrons. The Bertz CT molecular complexity index is 1070. The van der Waals surface area contributed by atoms with Crippen LogP contribution in [0, 0.1) is 0 Å². The predicted octanol–water partition coefficient (Wildman–Crippen LogP) is 5.14. The third-order valence-corrected chi connectivity index (χ3v) is 4.36. The first-order chi connectivity index (χ1) is 13.6. The molecule has 0 aliphatic rings. The molecule has 0 bridgehead atoms. The topological polar surface area (TPSA) is 77.5 Å². The SMILES string of the molecule is CC(NC(=O)c1ccc(COc2ccc(Cl)cc2)o1)c1nc2ccccc2o1. The van der Waals surface area contributed by atoms with Crippen LogP contribution in [0.15, 0.2) is 69.5 Å². The van der Waals surface area contributed by atoms with Gasteiger partial charge in [0.25, 0.3) is 5.91 Å². The van der Waals surface area contributed by atoms with E-state index in [1.165, 1.54) is 0 Å². The number of furan rings is 1. The zero-order valence-corrected chi connectivity index (χ0v) is 15.8. The Morgan fingerprint density at radius 2 is 1.89 bits per heavy atom. The molecule has 1 amide bonds. The number of nitrogens with zero attached hydrogens (tertiary/aromatic N) is 1. The smallest absolute Gasteiger partial charge is 0.287 e. The van der Waals surface area contributed by atoms with Gasteiger partial charge in [-0.25, -0.2) is 4.98 Å². The molecular formula is C21H17ClN2O4. The van der Waals surface area contributed by atoms with E-state index in [0.29, 0.717) is 28.0 Å². The summed E-state index contributed by atoms with van der Waals surface area (Å²) in [6.07, 6.45) is 0. The highest BCUT2D eigenvalue weighted by Gasteiger charge is 2.19. The highest BCUT2D eigenvalue weighted by Crippen LogP contribution is 2.21. The first-order valence-corrected chi connectivity index (χ1v) is 9.10. The summed E-state index contributed by atoms with van der Waals surface area (Å²) in [5.41, 5.74) is 1.43. The van der Waals surface area contributed by atoms with Crippen LogP contribution in [0.3, 0.4) is 0 Å². The van der Waals surface area contributed by atoms with Gasteiger partial charge in [-0.3, -0.25) is 4.79 Å². The first kappa shape index (κ1) is 18.1. The summed E-state index contributed by atoms with van der Waals surface area (Å²) in [7, 11) is 0. The highest BCUT2D eigenvalue weighted by molar-refractivity contribution is 6.30. The van der Waals surface area contributed by atoms with Crippen LogP contribution in [0.4, 0.5) is 0 Å². The van der Waals surface area contributed by atoms with Crippen molar-refractivity contribution < 1.29 is 18.4 Å². The number of para-hydroxylation sites is 2. The number of benzene rings is 2. The lowest BCUT2D eigenvalue weighted by molar-refractivity contribution is 0.0902. The van der Waals surface area contributed by atoms with Crippen LogP contribution in [-0.4, -0.2) is 10.9 Å². The monoisotopic (exact) mass is 396 g/mol. The normalized spacial score (nSPS) is 12.1. The Hall–Kier alpha value is -3.25. The molecule has 1 N–H and O–H groups in total. The van der Waals surface area contributed by atoms with E-state index >= 15 is 0 Å². The van der Waals surface area contributed by atoms with E-state index < -0.39 is 6.04 Å². The zero-order valence-electron chi connectivity index (χ0n) is 15.0. The second-order valence-corrected chi connectivity index (χ2v) is 6.66. The maximum absolute atomic E-state index is 12.4. The van der Waals surface area contributed by atoms with E-state index in [-0.39, 0.29) is 18.3 Å². The molecule has 2 aromatic carbocycles. The number of halogens is 1. The lowest BCUT2D eigenvalue weighted by Crippen LogP contribution is -2.26. The van der Waals surface area contributed by atoms with E-state index in [9.17, 15) is 4.79 Å². The minimum Gasteiger partial charge on any atom is -0.486 e. The molecule has 1 atom stereocenters. The minimum atomic E-state index is -0.404. The molecular weight excluding hydrogens is 380 g/mol. The molecule has 4 aromatic rings. The number of amides is 1. The number of oxazole rings is 1. The van der Waals surface area contributed by atoms with Gasteiger partial charge < -0.3 is 18.9 Å². The van der Waals surface area contributed by atoms with Crippen molar-refractivity contribution in [1.82, 2.24) is 10.3 Å². The summed E-state index contributed by atoms with van der Waals surface area (Å²) in [5.74, 6) is 1.48. The van der Waals surface area contributed by atoms with Crippen LogP contribution in [0.1, 0.15) is 35.2 Å². The van der Waals surface area contributed by atoms with Crippen molar-refractivity contribution in [3.8, 4) is 5.75 Å². The molecule has 1 unspecified atom stereocenters. The number of hydrogen-bond donors (Lipinski definition) is 1. The molecule has 0 fully saturated rings. The summed E-state index contributed by atoms with van der Waals surface area (Å²) in [5, 5.41) is 3.46. The van der Waals surface area contributed by atoms with E-state index in [4.69, 9.17) is 25.2 Å². The minimum absolute atomic E-state index is 0.192. The van der Waals surface area contributed by atoms with Crippen molar-refractivity contribution in [3.05, 3.63) is 83.1 Å². The number of fused-ring (bicyclic) bond motifs is 1. The quantitative estimate of drug-likeness (QED) is 0.488. The summed E-state index contributed by atoms with van der Waals surface area (Å²) >= 11 is 5.85. The van der Waals surface area contributed by atoms with Crippen LogP contribution in [0.25, 0.3) is 11.1 Å². The average Bonchev–Trinajstić information content (AvgIpc) is 3.34. The van der Waals surface area contributed by atoms with Crippen LogP contribution < -0.4 is 10.1 Å². The molecule has 7 heteroatoms. The van der Waals surface area contributed by atoms with Crippen LogP contribution in [-0.2, 0) is 6.61 Å². The van der Waals surface area contributed by atoms with Crippen molar-refractivity contribution in [2.75, 3.05) is 0 Å². The molecule has 0 spiro atoms. The number of aromatic nitrogens is 1. The molecule has 2 heterocycles. The van der Waals surface area contributed by atoms with Gasteiger partial charge in [-0.05, 0) is 55.5 Å². The van der Waals surface area contributed by atoms with Crippen molar-refractivity contribution >= 4 is 28.6 Å². The summed E-state index contributed by atoms with van der Waals surface area (Å²) in [4.78, 5) is 16.8. The Balaban J connectivity index is 1.37. The Morgan fingerprint density at radius 1 is 1.11 bits per heavy atom. The number of ether oxygens (including phenoxy) is 1. The van der Waals surface area contributed by atoms with E-state index in [1.54, 1.807) is 43.3 Å². The molecule has 0 aliphatic heterocycles. The Labute approximate surface area is 166 Å². The van der Waals surface area contributed by atoms with Gasteiger partial charge in [-0.15, -0.1) is 0 Å². The van der Waals surface area contributed by atoms with Crippen LogP contribution >= 0.6 is 11.6 Å². The van der Waals surface area contributed by atoms with E-state index in [0.717, 1.165) is 5.52 Å². The fourth-order valence-electron chi connectivity index (χ4n) is 2.67. The number of rotatable bonds is 6. The Morgan fingerprint density at radius 3 is 2.68 bits per heavy atom. The summed E-state index contributed by atoms with van der Waals surface area (Å²) in [6.45, 7) is 2.01. The molecule has 0 aliphatic carbocycles. The maximum atomic E-state index is 12.4. The van der Waals surface area contributed by atoms with Gasteiger partial charge in [-0.2, -0.15) is 0 Å². The third-order valence-electron chi connectivity index (χ3n) is 4.11. The fourth-order valence-corrected chi connectivity index (χ4v) is 2.79. The van der Waals surface area contributed by atoms with Gasteiger partial charge in [0.2, 0.25) is 5.89 Å². The summed E-state index contributed by atoms with van der Waals surface area (Å²) in [6, 6.07) is 17.4. The van der Waals surface area contributed by atoms with Gasteiger partial charge >= 0.3 is 0 Å². The van der Waals surface area contributed by atoms with Crippen LogP contribution in [0.2, 0.25) is 5.02 Å². The molecule has 0 saturated carbocycles. The van der Waals surface area contributed by atoms with Gasteiger partial charge in [0.1, 0.15) is 29.7 Å². The number of hydrogen-bond acceptors (Lipinski definition) is 5. The molecule has 6 nitrogen and oxygen atoms in total. The maximum Gasteiger partial charge on any atom is 0.287 e. The van der Waals surface area contributed by atoms with Crippen molar-refractivity contribution in [2.45, 2.75) is 19.6 Å². The molecule has 2 aromatic heterocycles. The first-order valence-electron chi connectivity index (χ1n) is 8.72. The van der Waals surface area contributed by atoms with E-state index in [1.807, 2.05) is 24.3 Å². The highest BCUT2D eigenvalue weighted by atomic mass is 35.5. The van der Waals surface area contributed by atoms with E-state index in [2.05, 4.69) is 10.3 Å². The molecule has 142 valence electrons. The number of carbonyl (C=O) groups excluding carboxylic acids is 1. The lowest BCUT2D eigenvalue weighted by atomic mass is 10.3. The van der Waals surface area contributed by atoms with Gasteiger partial charge in [0.15, 0.2) is 11.3 Å². The zero-order chi connectivity index (χ0) is 19.5. The van der Waals surface area contributed by atoms with Crippen molar-refractivity contribution in [2.24, 2.45) is 0 Å². The summed E-state index contributed by atoms with van der Waals surface area (Å²) < 4.78 is 16.9. The number of carbonyl (C=O) groups is 1. The van der Waals surface area contributed by atoms with Gasteiger partial charge in [-0.1, -0.05) is 23.7 Å². The van der Waals surface area contributed by atoms with Crippen molar-refractivity contribution in [1.29, 1.82) is 0 Å². The predicted molar refractivity (Wildman–Crippen MR) is 104 cm³/mol. The molecule has 0 saturated heterocycles. The standard InChI is InChI=1S/C21H17ClN2O4/c1-13(21-24-17-4-2-3-5-18(17)28-21)23-20(25)19-11-10-16(27-19)12-26-15-8-6-14(22)7-9-15/h2-11,13H,12H2,1H3,(H,23,25). The second kappa shape index (κ2) is 7.78. The molecule has 28 heavy (non-hydrogen) atoms. The third kappa shape index (κ3) is 4.02. The average molecular weight is 397 g/mol. The van der Waals surface area contributed by atoms with Crippen LogP contribution in [0.5, 0.6) is 5.75 Å². The largest absolute Gasteiger partial charge is 0.486 e. The fraction of sp³-hybridized carbons (Fsp3) is 0.143. The lowest BCUT2D eigenvalue weighted by Gasteiger charge is -2.08. The Kier molecular flexibility index (Phi) is 5.04. The van der Waals surface area contributed by atoms with Gasteiger partial charge in [0.05, 0.1) is 0 Å².